The SMILES string of the molecule is CCOC(=O)Cc1cc(C#N)cc(OC(F)F)c1S. The topological polar surface area (TPSA) is 59.3 Å². The van der Waals surface area contributed by atoms with Gasteiger partial charge < -0.3 is 9.47 Å². The number of ether oxygens (including phenoxy) is 2. The van der Waals surface area contributed by atoms with Crippen LogP contribution in [0.25, 0.3) is 0 Å². The standard InChI is InChI=1S/C12H11F2NO3S/c1-2-17-10(16)5-8-3-7(6-15)4-9(11(8)19)18-12(13)14/h3-4,12,19H,2,5H2,1H3. The largest absolute Gasteiger partial charge is 0.466 e. The Bertz CT molecular complexity index is 514. The summed E-state index contributed by atoms with van der Waals surface area (Å²) in [5.74, 6) is -0.771. The van der Waals surface area contributed by atoms with Crippen LogP contribution in [0.5, 0.6) is 5.75 Å². The van der Waals surface area contributed by atoms with Crippen LogP contribution in [0.2, 0.25) is 0 Å². The Morgan fingerprint density at radius 3 is 2.74 bits per heavy atom. The zero-order valence-electron chi connectivity index (χ0n) is 10.0. The maximum Gasteiger partial charge on any atom is 0.387 e. The van der Waals surface area contributed by atoms with Crippen molar-refractivity contribution >= 4 is 18.6 Å². The third kappa shape index (κ3) is 4.41. The van der Waals surface area contributed by atoms with Crippen molar-refractivity contribution in [3.8, 4) is 11.8 Å². The first-order valence-corrected chi connectivity index (χ1v) is 5.79. The molecule has 19 heavy (non-hydrogen) atoms. The van der Waals surface area contributed by atoms with E-state index >= 15 is 0 Å². The summed E-state index contributed by atoms with van der Waals surface area (Å²) in [5, 5.41) is 8.81. The van der Waals surface area contributed by atoms with Crippen LogP contribution < -0.4 is 4.74 Å². The van der Waals surface area contributed by atoms with Crippen LogP contribution in [0, 0.1) is 11.3 Å². The first kappa shape index (κ1) is 15.2. The molecule has 0 spiro atoms. The quantitative estimate of drug-likeness (QED) is 0.668. The molecule has 102 valence electrons. The highest BCUT2D eigenvalue weighted by Crippen LogP contribution is 2.30. The summed E-state index contributed by atoms with van der Waals surface area (Å²) in [6.45, 7) is -1.18. The molecule has 0 aliphatic heterocycles. The lowest BCUT2D eigenvalue weighted by molar-refractivity contribution is -0.142. The minimum Gasteiger partial charge on any atom is -0.466 e. The Balaban J connectivity index is 3.09. The molecular weight excluding hydrogens is 276 g/mol. The van der Waals surface area contributed by atoms with E-state index in [4.69, 9.17) is 10.00 Å². The maximum absolute atomic E-state index is 12.2. The number of nitrogens with zero attached hydrogens (tertiary/aromatic N) is 1. The van der Waals surface area contributed by atoms with Gasteiger partial charge in [-0.15, -0.1) is 12.6 Å². The van der Waals surface area contributed by atoms with Gasteiger partial charge in [-0.2, -0.15) is 14.0 Å². The fourth-order valence-electron chi connectivity index (χ4n) is 1.42. The number of carbonyl (C=O) groups is 1. The molecule has 0 bridgehead atoms. The van der Waals surface area contributed by atoms with Crippen molar-refractivity contribution in [1.29, 1.82) is 5.26 Å². The van der Waals surface area contributed by atoms with E-state index in [1.165, 1.54) is 6.07 Å². The molecule has 0 atom stereocenters. The molecule has 0 amide bonds. The first-order chi connectivity index (χ1) is 8.97. The maximum atomic E-state index is 12.2. The van der Waals surface area contributed by atoms with E-state index in [0.29, 0.717) is 5.56 Å². The van der Waals surface area contributed by atoms with Crippen LogP contribution in [-0.2, 0) is 16.0 Å². The van der Waals surface area contributed by atoms with E-state index in [2.05, 4.69) is 17.4 Å². The van der Waals surface area contributed by atoms with E-state index in [-0.39, 0.29) is 29.2 Å². The van der Waals surface area contributed by atoms with Crippen LogP contribution in [-0.4, -0.2) is 19.2 Å². The second-order valence-corrected chi connectivity index (χ2v) is 3.90. The van der Waals surface area contributed by atoms with E-state index in [1.54, 1.807) is 13.0 Å². The molecule has 0 N–H and O–H groups in total. The lowest BCUT2D eigenvalue weighted by atomic mass is 10.1. The normalized spacial score (nSPS) is 10.1. The van der Waals surface area contributed by atoms with Crippen molar-refractivity contribution in [2.45, 2.75) is 24.9 Å². The Labute approximate surface area is 114 Å². The zero-order chi connectivity index (χ0) is 14.4. The van der Waals surface area contributed by atoms with Crippen molar-refractivity contribution in [3.05, 3.63) is 23.3 Å². The molecule has 1 rings (SSSR count). The molecule has 0 radical (unpaired) electrons. The second kappa shape index (κ2) is 6.95. The fraction of sp³-hybridized carbons (Fsp3) is 0.333. The summed E-state index contributed by atoms with van der Waals surface area (Å²) in [5.41, 5.74) is 0.407. The molecule has 0 aliphatic carbocycles. The number of nitriles is 1. The summed E-state index contributed by atoms with van der Waals surface area (Å²) >= 11 is 4.04. The van der Waals surface area contributed by atoms with Gasteiger partial charge >= 0.3 is 12.6 Å². The minimum atomic E-state index is -3.03. The highest BCUT2D eigenvalue weighted by Gasteiger charge is 2.16. The number of hydrogen-bond donors (Lipinski definition) is 1. The molecular formula is C12H11F2NO3S. The number of esters is 1. The molecule has 1 aromatic carbocycles. The number of rotatable bonds is 5. The van der Waals surface area contributed by atoms with Gasteiger partial charge in [-0.1, -0.05) is 0 Å². The van der Waals surface area contributed by atoms with Gasteiger partial charge in [0.2, 0.25) is 0 Å². The van der Waals surface area contributed by atoms with Crippen molar-refractivity contribution in [2.24, 2.45) is 0 Å². The molecule has 0 fully saturated rings. The van der Waals surface area contributed by atoms with Crippen LogP contribution in [0.4, 0.5) is 8.78 Å². The summed E-state index contributed by atoms with van der Waals surface area (Å²) in [6, 6.07) is 4.33. The summed E-state index contributed by atoms with van der Waals surface area (Å²) in [6.07, 6.45) is -0.165. The molecule has 1 aromatic rings. The highest BCUT2D eigenvalue weighted by molar-refractivity contribution is 7.80. The number of alkyl halides is 2. The Morgan fingerprint density at radius 1 is 1.53 bits per heavy atom. The lowest BCUT2D eigenvalue weighted by Crippen LogP contribution is -2.10. The van der Waals surface area contributed by atoms with Crippen molar-refractivity contribution in [2.75, 3.05) is 6.61 Å². The van der Waals surface area contributed by atoms with Gasteiger partial charge in [-0.25, -0.2) is 0 Å². The average molecular weight is 287 g/mol. The first-order valence-electron chi connectivity index (χ1n) is 5.34. The molecule has 4 nitrogen and oxygen atoms in total. The zero-order valence-corrected chi connectivity index (χ0v) is 10.9. The van der Waals surface area contributed by atoms with Gasteiger partial charge in [0.1, 0.15) is 5.75 Å². The second-order valence-electron chi connectivity index (χ2n) is 3.45. The van der Waals surface area contributed by atoms with Crippen LogP contribution in [0.3, 0.4) is 0 Å². The lowest BCUT2D eigenvalue weighted by Gasteiger charge is -2.12. The minimum absolute atomic E-state index is 0.0901. The van der Waals surface area contributed by atoms with Crippen LogP contribution >= 0.6 is 12.6 Å². The average Bonchev–Trinajstić information content (AvgIpc) is 2.33. The van der Waals surface area contributed by atoms with Crippen molar-refractivity contribution in [1.82, 2.24) is 0 Å². The van der Waals surface area contributed by atoms with Gasteiger partial charge in [0.15, 0.2) is 0 Å². The molecule has 7 heteroatoms. The Hall–Kier alpha value is -1.81. The van der Waals surface area contributed by atoms with E-state index < -0.39 is 12.6 Å². The van der Waals surface area contributed by atoms with Gasteiger partial charge in [0.05, 0.1) is 29.6 Å². The fourth-order valence-corrected chi connectivity index (χ4v) is 1.68. The summed E-state index contributed by atoms with van der Waals surface area (Å²) in [4.78, 5) is 11.5. The Kier molecular flexibility index (Phi) is 5.57. The molecule has 0 aromatic heterocycles. The molecule has 0 heterocycles. The molecule has 0 aliphatic rings. The van der Waals surface area contributed by atoms with Gasteiger partial charge in [0.25, 0.3) is 0 Å². The predicted octanol–water partition coefficient (Wildman–Crippen LogP) is 2.55. The highest BCUT2D eigenvalue weighted by atomic mass is 32.1. The molecule has 0 unspecified atom stereocenters. The van der Waals surface area contributed by atoms with Gasteiger partial charge in [-0.3, -0.25) is 4.79 Å². The third-order valence-corrected chi connectivity index (χ3v) is 2.65. The number of halogens is 2. The third-order valence-electron chi connectivity index (χ3n) is 2.14. The number of thiol groups is 1. The van der Waals surface area contributed by atoms with Crippen LogP contribution in [0.1, 0.15) is 18.1 Å². The van der Waals surface area contributed by atoms with Gasteiger partial charge in [0, 0.05) is 0 Å². The number of hydrogen-bond acceptors (Lipinski definition) is 5. The van der Waals surface area contributed by atoms with Crippen LogP contribution in [0.15, 0.2) is 17.0 Å². The number of benzene rings is 1. The molecule has 0 saturated heterocycles. The van der Waals surface area contributed by atoms with E-state index in [9.17, 15) is 13.6 Å². The van der Waals surface area contributed by atoms with Crippen molar-refractivity contribution in [3.63, 3.8) is 0 Å². The van der Waals surface area contributed by atoms with E-state index in [0.717, 1.165) is 6.07 Å². The van der Waals surface area contributed by atoms with Crippen molar-refractivity contribution < 1.29 is 23.0 Å². The summed E-state index contributed by atoms with van der Waals surface area (Å²) < 4.78 is 33.4. The van der Waals surface area contributed by atoms with E-state index in [1.807, 2.05) is 0 Å². The molecule has 0 saturated carbocycles. The Morgan fingerprint density at radius 2 is 2.21 bits per heavy atom. The summed E-state index contributed by atoms with van der Waals surface area (Å²) in [7, 11) is 0. The smallest absolute Gasteiger partial charge is 0.387 e. The monoisotopic (exact) mass is 287 g/mol. The predicted molar refractivity (Wildman–Crippen MR) is 65.4 cm³/mol. The number of carbonyl (C=O) groups excluding carboxylic acids is 1. The van der Waals surface area contributed by atoms with Gasteiger partial charge in [-0.05, 0) is 24.6 Å².